The van der Waals surface area contributed by atoms with E-state index in [1.54, 1.807) is 30.3 Å². The first-order valence-electron chi connectivity index (χ1n) is 8.10. The Hall–Kier alpha value is -2.58. The molecule has 26 heavy (non-hydrogen) atoms. The van der Waals surface area contributed by atoms with E-state index in [1.807, 2.05) is 11.4 Å². The number of carbonyl (C=O) groups is 2. The number of aromatic nitrogens is 2. The van der Waals surface area contributed by atoms with Crippen molar-refractivity contribution >= 4 is 45.3 Å². The first-order chi connectivity index (χ1) is 12.5. The highest BCUT2D eigenvalue weighted by molar-refractivity contribution is 7.15. The van der Waals surface area contributed by atoms with Crippen LogP contribution in [0.4, 0.5) is 10.8 Å². The van der Waals surface area contributed by atoms with Gasteiger partial charge in [-0.1, -0.05) is 37.3 Å². The maximum absolute atomic E-state index is 12.4. The molecule has 2 N–H and O–H groups in total. The second-order valence-electron chi connectivity index (χ2n) is 6.07. The predicted molar refractivity (Wildman–Crippen MR) is 105 cm³/mol. The summed E-state index contributed by atoms with van der Waals surface area (Å²) < 4.78 is 0. The Morgan fingerprint density at radius 1 is 1.08 bits per heavy atom. The van der Waals surface area contributed by atoms with Gasteiger partial charge < -0.3 is 5.32 Å². The fourth-order valence-electron chi connectivity index (χ4n) is 2.24. The molecule has 0 saturated carbocycles. The van der Waals surface area contributed by atoms with Crippen molar-refractivity contribution in [2.24, 2.45) is 5.92 Å². The molecular formula is C18H18N4O2S2. The molecule has 1 aromatic carbocycles. The zero-order valence-corrected chi connectivity index (χ0v) is 16.0. The van der Waals surface area contributed by atoms with Crippen molar-refractivity contribution in [3.8, 4) is 0 Å². The molecule has 0 bridgehead atoms. The maximum Gasteiger partial charge on any atom is 0.265 e. The number of hydrogen-bond donors (Lipinski definition) is 2. The van der Waals surface area contributed by atoms with Crippen LogP contribution in [0.2, 0.25) is 0 Å². The first kappa shape index (κ1) is 18.2. The molecule has 0 aliphatic carbocycles. The third kappa shape index (κ3) is 4.74. The van der Waals surface area contributed by atoms with Gasteiger partial charge in [0.1, 0.15) is 5.01 Å². The number of carbonyl (C=O) groups excluding carboxylic acids is 2. The summed E-state index contributed by atoms with van der Waals surface area (Å²) in [7, 11) is 0. The molecule has 0 aliphatic heterocycles. The molecule has 0 saturated heterocycles. The van der Waals surface area contributed by atoms with Crippen LogP contribution in [-0.2, 0) is 6.42 Å². The minimum Gasteiger partial charge on any atom is -0.321 e. The minimum absolute atomic E-state index is 0.194. The first-order valence-corrected chi connectivity index (χ1v) is 9.79. The number of rotatable bonds is 6. The quantitative estimate of drug-likeness (QED) is 0.661. The summed E-state index contributed by atoms with van der Waals surface area (Å²) in [6.45, 7) is 4.21. The van der Waals surface area contributed by atoms with Crippen LogP contribution in [-0.4, -0.2) is 22.0 Å². The molecular weight excluding hydrogens is 368 g/mol. The molecule has 2 amide bonds. The van der Waals surface area contributed by atoms with Gasteiger partial charge in [-0.25, -0.2) is 0 Å². The van der Waals surface area contributed by atoms with E-state index in [-0.39, 0.29) is 11.8 Å². The van der Waals surface area contributed by atoms with Crippen LogP contribution in [0.1, 0.15) is 38.9 Å². The molecule has 0 unspecified atom stereocenters. The lowest BCUT2D eigenvalue weighted by atomic mass is 10.1. The van der Waals surface area contributed by atoms with Crippen molar-refractivity contribution in [3.05, 3.63) is 57.2 Å². The standard InChI is InChI=1S/C18H18N4O2S2/c1-11(2)9-15-21-22-18(26-15)20-16(23)12-5-3-6-13(10-12)19-17(24)14-7-4-8-25-14/h3-8,10-11H,9H2,1-2H3,(H,19,24)(H,20,22,23). The Labute approximate surface area is 159 Å². The van der Waals surface area contributed by atoms with Gasteiger partial charge in [-0.05, 0) is 35.6 Å². The van der Waals surface area contributed by atoms with E-state index in [0.717, 1.165) is 11.4 Å². The van der Waals surface area contributed by atoms with Crippen LogP contribution >= 0.6 is 22.7 Å². The SMILES string of the molecule is CC(C)Cc1nnc(NC(=O)c2cccc(NC(=O)c3cccs3)c2)s1. The summed E-state index contributed by atoms with van der Waals surface area (Å²) in [6.07, 6.45) is 0.831. The third-order valence-corrected chi connectivity index (χ3v) is 5.13. The smallest absolute Gasteiger partial charge is 0.265 e. The number of amides is 2. The Morgan fingerprint density at radius 2 is 1.92 bits per heavy atom. The van der Waals surface area contributed by atoms with Gasteiger partial charge in [0, 0.05) is 17.7 Å². The highest BCUT2D eigenvalue weighted by atomic mass is 32.1. The average Bonchev–Trinajstić information content (AvgIpc) is 3.26. The van der Waals surface area contributed by atoms with E-state index < -0.39 is 0 Å². The van der Waals surface area contributed by atoms with E-state index in [0.29, 0.717) is 27.2 Å². The fraction of sp³-hybridized carbons (Fsp3) is 0.222. The van der Waals surface area contributed by atoms with Crippen molar-refractivity contribution in [1.29, 1.82) is 0 Å². The van der Waals surface area contributed by atoms with Crippen molar-refractivity contribution < 1.29 is 9.59 Å². The molecule has 0 fully saturated rings. The molecule has 134 valence electrons. The Kier molecular flexibility index (Phi) is 5.75. The minimum atomic E-state index is -0.288. The van der Waals surface area contributed by atoms with E-state index in [9.17, 15) is 9.59 Å². The van der Waals surface area contributed by atoms with E-state index in [1.165, 1.54) is 22.7 Å². The van der Waals surface area contributed by atoms with Gasteiger partial charge in [0.15, 0.2) is 0 Å². The summed E-state index contributed by atoms with van der Waals surface area (Å²) in [5.74, 6) is -0.000353. The van der Waals surface area contributed by atoms with Crippen LogP contribution in [0.3, 0.4) is 0 Å². The second kappa shape index (κ2) is 8.20. The topological polar surface area (TPSA) is 84.0 Å². The predicted octanol–water partition coefficient (Wildman–Crippen LogP) is 4.30. The second-order valence-corrected chi connectivity index (χ2v) is 8.08. The molecule has 2 heterocycles. The molecule has 2 aromatic heterocycles. The van der Waals surface area contributed by atoms with Gasteiger partial charge in [-0.3, -0.25) is 14.9 Å². The highest BCUT2D eigenvalue weighted by Gasteiger charge is 2.13. The molecule has 3 rings (SSSR count). The van der Waals surface area contributed by atoms with E-state index >= 15 is 0 Å². The van der Waals surface area contributed by atoms with Gasteiger partial charge in [-0.2, -0.15) is 0 Å². The fourth-order valence-corrected chi connectivity index (χ4v) is 3.81. The number of thiophene rings is 1. The number of nitrogens with zero attached hydrogens (tertiary/aromatic N) is 2. The zero-order valence-electron chi connectivity index (χ0n) is 14.4. The molecule has 0 atom stereocenters. The molecule has 3 aromatic rings. The van der Waals surface area contributed by atoms with Gasteiger partial charge in [-0.15, -0.1) is 21.5 Å². The van der Waals surface area contributed by atoms with Gasteiger partial charge >= 0.3 is 0 Å². The molecule has 0 aliphatic rings. The van der Waals surface area contributed by atoms with Crippen molar-refractivity contribution in [3.63, 3.8) is 0 Å². The Morgan fingerprint density at radius 3 is 2.65 bits per heavy atom. The summed E-state index contributed by atoms with van der Waals surface area (Å²) in [4.78, 5) is 25.2. The van der Waals surface area contributed by atoms with Crippen molar-refractivity contribution in [1.82, 2.24) is 10.2 Å². The maximum atomic E-state index is 12.4. The number of anilines is 2. The Balaban J connectivity index is 1.66. The number of hydrogen-bond acceptors (Lipinski definition) is 6. The molecule has 6 nitrogen and oxygen atoms in total. The Bertz CT molecular complexity index is 904. The van der Waals surface area contributed by atoms with E-state index in [2.05, 4.69) is 34.7 Å². The lowest BCUT2D eigenvalue weighted by Gasteiger charge is -2.06. The van der Waals surface area contributed by atoms with Crippen molar-refractivity contribution in [2.45, 2.75) is 20.3 Å². The summed E-state index contributed by atoms with van der Waals surface area (Å²) in [5, 5.41) is 16.9. The zero-order chi connectivity index (χ0) is 18.5. The normalized spacial score (nSPS) is 10.7. The van der Waals surface area contributed by atoms with Crippen LogP contribution in [0.15, 0.2) is 41.8 Å². The summed E-state index contributed by atoms with van der Waals surface area (Å²) >= 11 is 2.74. The summed E-state index contributed by atoms with van der Waals surface area (Å²) in [5.41, 5.74) is 1.00. The van der Waals surface area contributed by atoms with Gasteiger partial charge in [0.2, 0.25) is 5.13 Å². The lowest BCUT2D eigenvalue weighted by molar-refractivity contribution is 0.101. The van der Waals surface area contributed by atoms with Crippen LogP contribution in [0.5, 0.6) is 0 Å². The van der Waals surface area contributed by atoms with Crippen LogP contribution in [0, 0.1) is 5.92 Å². The van der Waals surface area contributed by atoms with Gasteiger partial charge in [0.25, 0.3) is 11.8 Å². The van der Waals surface area contributed by atoms with Gasteiger partial charge in [0.05, 0.1) is 4.88 Å². The number of benzene rings is 1. The molecule has 0 spiro atoms. The lowest BCUT2D eigenvalue weighted by Crippen LogP contribution is -2.14. The highest BCUT2D eigenvalue weighted by Crippen LogP contribution is 2.20. The van der Waals surface area contributed by atoms with E-state index in [4.69, 9.17) is 0 Å². The van der Waals surface area contributed by atoms with Crippen molar-refractivity contribution in [2.75, 3.05) is 10.6 Å². The molecule has 0 radical (unpaired) electrons. The van der Waals surface area contributed by atoms with Crippen LogP contribution < -0.4 is 10.6 Å². The third-order valence-electron chi connectivity index (χ3n) is 3.40. The molecule has 8 heteroatoms. The average molecular weight is 387 g/mol. The summed E-state index contributed by atoms with van der Waals surface area (Å²) in [6, 6.07) is 10.4. The van der Waals surface area contributed by atoms with Crippen LogP contribution in [0.25, 0.3) is 0 Å². The number of nitrogens with one attached hydrogen (secondary N) is 2. The largest absolute Gasteiger partial charge is 0.321 e. The monoisotopic (exact) mass is 386 g/mol.